The molecular formula is C24H27N5O4. The van der Waals surface area contributed by atoms with Crippen molar-refractivity contribution in [2.75, 3.05) is 18.4 Å². The Kier molecular flexibility index (Phi) is 6.30. The molecule has 0 radical (unpaired) electrons. The lowest BCUT2D eigenvalue weighted by atomic mass is 9.99. The third-order valence-electron chi connectivity index (χ3n) is 5.07. The highest BCUT2D eigenvalue weighted by Gasteiger charge is 2.25. The Balaban J connectivity index is 1.51. The molecule has 0 atom stereocenters. The van der Waals surface area contributed by atoms with E-state index in [9.17, 15) is 9.59 Å². The molecule has 1 aromatic carbocycles. The summed E-state index contributed by atoms with van der Waals surface area (Å²) in [5.74, 6) is 0. The first-order valence-electron chi connectivity index (χ1n) is 10.8. The number of hydrogen-bond donors (Lipinski definition) is 1. The standard InChI is InChI=1S/C24H27N5O4/c1-24(2,3)33-23(31)28-11-9-18(10-12-28)19-14-29-21(25-16-26-29)13-20(19)27-22(30)32-15-17-7-5-4-6-8-17/h4-9,13-14,16H,10-12,15H2,1-3H3,(H,27,30). The van der Waals surface area contributed by atoms with E-state index in [1.54, 1.807) is 15.5 Å². The molecule has 0 bridgehead atoms. The van der Waals surface area contributed by atoms with E-state index in [4.69, 9.17) is 9.47 Å². The topological polar surface area (TPSA) is 98.1 Å². The molecule has 2 aromatic heterocycles. The second-order valence-electron chi connectivity index (χ2n) is 8.76. The van der Waals surface area contributed by atoms with Crippen molar-refractivity contribution < 1.29 is 19.1 Å². The Morgan fingerprint density at radius 1 is 1.18 bits per heavy atom. The van der Waals surface area contributed by atoms with Crippen LogP contribution in [0.1, 0.15) is 38.3 Å². The highest BCUT2D eigenvalue weighted by atomic mass is 16.6. The first-order chi connectivity index (χ1) is 15.8. The first kappa shape index (κ1) is 22.3. The molecule has 0 saturated heterocycles. The van der Waals surface area contributed by atoms with Gasteiger partial charge in [0.05, 0.1) is 5.69 Å². The molecule has 3 heterocycles. The quantitative estimate of drug-likeness (QED) is 0.630. The van der Waals surface area contributed by atoms with Crippen LogP contribution in [0.15, 0.2) is 55.0 Å². The predicted octanol–water partition coefficient (Wildman–Crippen LogP) is 4.50. The van der Waals surface area contributed by atoms with Crippen LogP contribution in [-0.4, -0.2) is 50.4 Å². The lowest BCUT2D eigenvalue weighted by Crippen LogP contribution is -2.39. The molecule has 9 nitrogen and oxygen atoms in total. The molecule has 33 heavy (non-hydrogen) atoms. The van der Waals surface area contributed by atoms with Gasteiger partial charge in [-0.3, -0.25) is 5.32 Å². The van der Waals surface area contributed by atoms with Gasteiger partial charge in [0.1, 0.15) is 18.5 Å². The maximum absolute atomic E-state index is 12.5. The summed E-state index contributed by atoms with van der Waals surface area (Å²) in [5, 5.41) is 7.04. The summed E-state index contributed by atoms with van der Waals surface area (Å²) in [7, 11) is 0. The van der Waals surface area contributed by atoms with Crippen molar-refractivity contribution in [3.8, 4) is 0 Å². The number of hydrogen-bond acceptors (Lipinski definition) is 6. The minimum Gasteiger partial charge on any atom is -0.444 e. The van der Waals surface area contributed by atoms with Gasteiger partial charge in [-0.15, -0.1) is 0 Å². The lowest BCUT2D eigenvalue weighted by molar-refractivity contribution is 0.0270. The van der Waals surface area contributed by atoms with Crippen LogP contribution in [0.2, 0.25) is 0 Å². The summed E-state index contributed by atoms with van der Waals surface area (Å²) in [5.41, 5.74) is 3.32. The van der Waals surface area contributed by atoms with Crippen LogP contribution in [0.25, 0.3) is 11.2 Å². The third kappa shape index (κ3) is 5.68. The Morgan fingerprint density at radius 2 is 1.97 bits per heavy atom. The van der Waals surface area contributed by atoms with Crippen molar-refractivity contribution in [1.82, 2.24) is 19.5 Å². The molecule has 1 aliphatic rings. The van der Waals surface area contributed by atoms with Crippen LogP contribution in [0.3, 0.4) is 0 Å². The summed E-state index contributed by atoms with van der Waals surface area (Å²) < 4.78 is 12.5. The number of nitrogens with zero attached hydrogens (tertiary/aromatic N) is 4. The molecule has 9 heteroatoms. The van der Waals surface area contributed by atoms with Crippen LogP contribution in [0.4, 0.5) is 15.3 Å². The zero-order valence-electron chi connectivity index (χ0n) is 18.9. The fourth-order valence-electron chi connectivity index (χ4n) is 3.50. The fourth-order valence-corrected chi connectivity index (χ4v) is 3.50. The Hall–Kier alpha value is -3.88. The molecule has 0 fully saturated rings. The van der Waals surface area contributed by atoms with E-state index < -0.39 is 11.7 Å². The molecule has 0 aliphatic carbocycles. The van der Waals surface area contributed by atoms with Gasteiger partial charge in [0.25, 0.3) is 0 Å². The smallest absolute Gasteiger partial charge is 0.411 e. The van der Waals surface area contributed by atoms with Crippen LogP contribution < -0.4 is 5.32 Å². The predicted molar refractivity (Wildman–Crippen MR) is 124 cm³/mol. The summed E-state index contributed by atoms with van der Waals surface area (Å²) >= 11 is 0. The first-order valence-corrected chi connectivity index (χ1v) is 10.8. The van der Waals surface area contributed by atoms with Gasteiger partial charge in [-0.1, -0.05) is 36.4 Å². The van der Waals surface area contributed by atoms with E-state index in [0.29, 0.717) is 30.8 Å². The number of pyridine rings is 1. The van der Waals surface area contributed by atoms with Gasteiger partial charge in [-0.2, -0.15) is 5.10 Å². The Bertz CT molecular complexity index is 1180. The minimum absolute atomic E-state index is 0.169. The number of ether oxygens (including phenoxy) is 2. The molecule has 1 aliphatic heterocycles. The SMILES string of the molecule is CC(C)(C)OC(=O)N1CC=C(c2cn3ncnc3cc2NC(=O)OCc2ccccc2)CC1. The lowest BCUT2D eigenvalue weighted by Gasteiger charge is -2.30. The van der Waals surface area contributed by atoms with Gasteiger partial charge in [0.15, 0.2) is 5.65 Å². The highest BCUT2D eigenvalue weighted by molar-refractivity contribution is 5.91. The molecule has 0 unspecified atom stereocenters. The summed E-state index contributed by atoms with van der Waals surface area (Å²) in [6.07, 6.45) is 4.95. The molecule has 4 rings (SSSR count). The largest absolute Gasteiger partial charge is 0.444 e. The Morgan fingerprint density at radius 3 is 2.67 bits per heavy atom. The number of fused-ring (bicyclic) bond motifs is 1. The zero-order chi connectivity index (χ0) is 23.4. The second kappa shape index (κ2) is 9.32. The second-order valence-corrected chi connectivity index (χ2v) is 8.76. The molecule has 0 saturated carbocycles. The Labute approximate surface area is 192 Å². The molecule has 0 spiro atoms. The van der Waals surface area contributed by atoms with Gasteiger partial charge >= 0.3 is 12.2 Å². The van der Waals surface area contributed by atoms with Crippen LogP contribution in [-0.2, 0) is 16.1 Å². The number of nitrogens with one attached hydrogen (secondary N) is 1. The summed E-state index contributed by atoms with van der Waals surface area (Å²) in [6, 6.07) is 11.2. The van der Waals surface area contributed by atoms with E-state index in [2.05, 4.69) is 15.4 Å². The number of benzene rings is 1. The maximum Gasteiger partial charge on any atom is 0.411 e. The van der Waals surface area contributed by atoms with Gasteiger partial charge in [-0.25, -0.2) is 19.1 Å². The van der Waals surface area contributed by atoms with Crippen molar-refractivity contribution in [1.29, 1.82) is 0 Å². The number of rotatable bonds is 4. The molecule has 3 aromatic rings. The molecule has 172 valence electrons. The van der Waals surface area contributed by atoms with Crippen LogP contribution in [0.5, 0.6) is 0 Å². The average Bonchev–Trinajstić information content (AvgIpc) is 3.24. The van der Waals surface area contributed by atoms with Gasteiger partial charge < -0.3 is 14.4 Å². The van der Waals surface area contributed by atoms with E-state index in [-0.39, 0.29) is 12.7 Å². The number of carbonyl (C=O) groups excluding carboxylic acids is 2. The number of amides is 2. The van der Waals surface area contributed by atoms with E-state index in [1.165, 1.54) is 6.33 Å². The average molecular weight is 450 g/mol. The van der Waals surface area contributed by atoms with Crippen molar-refractivity contribution in [2.45, 2.75) is 39.4 Å². The number of anilines is 1. The molecular weight excluding hydrogens is 422 g/mol. The van der Waals surface area contributed by atoms with Crippen LogP contribution >= 0.6 is 0 Å². The monoisotopic (exact) mass is 449 g/mol. The normalized spacial score (nSPS) is 14.0. The van der Waals surface area contributed by atoms with Crippen molar-refractivity contribution in [3.63, 3.8) is 0 Å². The highest BCUT2D eigenvalue weighted by Crippen LogP contribution is 2.30. The van der Waals surface area contributed by atoms with E-state index in [1.807, 2.05) is 63.4 Å². The van der Waals surface area contributed by atoms with E-state index in [0.717, 1.165) is 16.7 Å². The third-order valence-corrected chi connectivity index (χ3v) is 5.07. The van der Waals surface area contributed by atoms with Gasteiger partial charge in [0.2, 0.25) is 0 Å². The summed E-state index contributed by atoms with van der Waals surface area (Å²) in [6.45, 7) is 6.63. The number of aromatic nitrogens is 3. The maximum atomic E-state index is 12.5. The fraction of sp³-hybridized carbons (Fsp3) is 0.333. The summed E-state index contributed by atoms with van der Waals surface area (Å²) in [4.78, 5) is 30.7. The minimum atomic E-state index is -0.559. The van der Waals surface area contributed by atoms with Gasteiger partial charge in [0, 0.05) is 30.9 Å². The van der Waals surface area contributed by atoms with Crippen LogP contribution in [0, 0.1) is 0 Å². The van der Waals surface area contributed by atoms with Crippen molar-refractivity contribution in [3.05, 3.63) is 66.1 Å². The van der Waals surface area contributed by atoms with Crippen molar-refractivity contribution in [2.24, 2.45) is 0 Å². The van der Waals surface area contributed by atoms with Crippen molar-refractivity contribution >= 4 is 29.1 Å². The number of carbonyl (C=O) groups is 2. The van der Waals surface area contributed by atoms with Gasteiger partial charge in [-0.05, 0) is 38.3 Å². The molecule has 1 N–H and O–H groups in total. The molecule has 2 amide bonds. The van der Waals surface area contributed by atoms with E-state index >= 15 is 0 Å². The zero-order valence-corrected chi connectivity index (χ0v) is 18.9.